The molecule has 70 valence electrons. The van der Waals surface area contributed by atoms with Crippen molar-refractivity contribution in [2.45, 2.75) is 0 Å². The van der Waals surface area contributed by atoms with E-state index in [9.17, 15) is 0 Å². The summed E-state index contributed by atoms with van der Waals surface area (Å²) in [6.07, 6.45) is 0. The van der Waals surface area contributed by atoms with Gasteiger partial charge in [-0.3, -0.25) is 0 Å². The molecule has 1 rings (SSSR count). The van der Waals surface area contributed by atoms with Gasteiger partial charge in [-0.15, -0.1) is 0 Å². The second-order valence-electron chi connectivity index (χ2n) is 2.28. The van der Waals surface area contributed by atoms with Gasteiger partial charge < -0.3 is 4.74 Å². The number of hydrogen-bond acceptors (Lipinski definition) is 1. The van der Waals surface area contributed by atoms with Crippen molar-refractivity contribution in [1.29, 1.82) is 0 Å². The Kier molecular flexibility index (Phi) is 4.43. The number of halogens is 3. The van der Waals surface area contributed by atoms with Gasteiger partial charge in [0.15, 0.2) is 0 Å². The fraction of sp³-hybridized carbons (Fsp3) is 0.111. The van der Waals surface area contributed by atoms with Crippen molar-refractivity contribution in [2.24, 2.45) is 0 Å². The van der Waals surface area contributed by atoms with Crippen LogP contribution in [0, 0.1) is 0 Å². The Hall–Kier alpha value is -0.370. The fourth-order valence-corrected chi connectivity index (χ4v) is 1.05. The molecule has 1 nitrogen and oxygen atoms in total. The van der Waals surface area contributed by atoms with Gasteiger partial charge in [-0.1, -0.05) is 46.9 Å². The van der Waals surface area contributed by atoms with E-state index < -0.39 is 0 Å². The fourth-order valence-electron chi connectivity index (χ4n) is 0.740. The molecule has 1 aromatic rings. The van der Waals surface area contributed by atoms with Crippen molar-refractivity contribution in [1.82, 2.24) is 0 Å². The largest absolute Gasteiger partial charge is 0.486 e. The van der Waals surface area contributed by atoms with Gasteiger partial charge in [-0.2, -0.15) is 0 Å². The molecular weight excluding hydrogens is 230 g/mol. The lowest BCUT2D eigenvalue weighted by molar-refractivity contribution is 0.359. The minimum Gasteiger partial charge on any atom is -0.486 e. The van der Waals surface area contributed by atoms with E-state index >= 15 is 0 Å². The molecule has 0 aliphatic heterocycles. The summed E-state index contributed by atoms with van der Waals surface area (Å²) in [4.78, 5) is 0. The number of ether oxygens (including phenoxy) is 1. The summed E-state index contributed by atoms with van der Waals surface area (Å²) in [5, 5.41) is 0.989. The van der Waals surface area contributed by atoms with Crippen LogP contribution in [0.4, 0.5) is 0 Å². The molecule has 0 unspecified atom stereocenters. The standard InChI is InChI=1S/C9H7Cl3O/c10-5-7(11)6-13-9-4-2-1-3-8(9)12/h1-5H,6H2. The van der Waals surface area contributed by atoms with Gasteiger partial charge in [-0.05, 0) is 12.1 Å². The van der Waals surface area contributed by atoms with Crippen LogP contribution < -0.4 is 4.74 Å². The average molecular weight is 238 g/mol. The molecule has 0 N–H and O–H groups in total. The monoisotopic (exact) mass is 236 g/mol. The van der Waals surface area contributed by atoms with Crippen LogP contribution in [0.25, 0.3) is 0 Å². The molecular formula is C9H7Cl3O. The molecule has 0 fully saturated rings. The first-order valence-electron chi connectivity index (χ1n) is 3.56. The van der Waals surface area contributed by atoms with E-state index in [4.69, 9.17) is 39.5 Å². The minimum absolute atomic E-state index is 0.231. The second kappa shape index (κ2) is 5.38. The Morgan fingerprint density at radius 2 is 2.08 bits per heavy atom. The van der Waals surface area contributed by atoms with Crippen LogP contribution in [0.3, 0.4) is 0 Å². The predicted octanol–water partition coefficient (Wildman–Crippen LogP) is 4.04. The van der Waals surface area contributed by atoms with E-state index in [0.717, 1.165) is 0 Å². The van der Waals surface area contributed by atoms with Gasteiger partial charge in [0.2, 0.25) is 0 Å². The Labute approximate surface area is 91.9 Å². The molecule has 0 amide bonds. The zero-order valence-electron chi connectivity index (χ0n) is 6.64. The molecule has 0 saturated heterocycles. The van der Waals surface area contributed by atoms with E-state index in [1.807, 2.05) is 12.1 Å². The van der Waals surface area contributed by atoms with E-state index in [0.29, 0.717) is 15.8 Å². The summed E-state index contributed by atoms with van der Waals surface area (Å²) in [6.45, 7) is 0.231. The molecule has 0 saturated carbocycles. The first kappa shape index (κ1) is 10.7. The summed E-state index contributed by atoms with van der Waals surface area (Å²) < 4.78 is 5.27. The summed E-state index contributed by atoms with van der Waals surface area (Å²) >= 11 is 16.8. The molecule has 0 aromatic heterocycles. The Bertz CT molecular complexity index is 309. The Morgan fingerprint density at radius 3 is 2.69 bits per heavy atom. The van der Waals surface area contributed by atoms with E-state index in [-0.39, 0.29) is 6.61 Å². The van der Waals surface area contributed by atoms with Crippen molar-refractivity contribution in [3.8, 4) is 5.75 Å². The lowest BCUT2D eigenvalue weighted by Crippen LogP contribution is -1.96. The molecule has 4 heteroatoms. The third-order valence-electron chi connectivity index (χ3n) is 1.32. The molecule has 0 aliphatic rings. The zero-order valence-corrected chi connectivity index (χ0v) is 8.90. The van der Waals surface area contributed by atoms with Crippen LogP contribution in [0.2, 0.25) is 5.02 Å². The van der Waals surface area contributed by atoms with Crippen LogP contribution in [-0.4, -0.2) is 6.61 Å². The van der Waals surface area contributed by atoms with Crippen molar-refractivity contribution >= 4 is 34.8 Å². The van der Waals surface area contributed by atoms with Gasteiger partial charge in [0.1, 0.15) is 12.4 Å². The SMILES string of the molecule is ClC=C(Cl)COc1ccccc1Cl. The van der Waals surface area contributed by atoms with Crippen LogP contribution in [0.5, 0.6) is 5.75 Å². The summed E-state index contributed by atoms with van der Waals surface area (Å²) in [7, 11) is 0. The Balaban J connectivity index is 2.60. The van der Waals surface area contributed by atoms with Gasteiger partial charge in [0.25, 0.3) is 0 Å². The summed E-state index contributed by atoms with van der Waals surface area (Å²) in [6, 6.07) is 7.17. The van der Waals surface area contributed by atoms with Crippen molar-refractivity contribution < 1.29 is 4.74 Å². The highest BCUT2D eigenvalue weighted by atomic mass is 35.5. The molecule has 0 spiro atoms. The van der Waals surface area contributed by atoms with E-state index in [1.54, 1.807) is 12.1 Å². The minimum atomic E-state index is 0.231. The lowest BCUT2D eigenvalue weighted by Gasteiger charge is -2.05. The highest BCUT2D eigenvalue weighted by molar-refractivity contribution is 6.36. The lowest BCUT2D eigenvalue weighted by atomic mass is 10.3. The maximum Gasteiger partial charge on any atom is 0.138 e. The second-order valence-corrected chi connectivity index (χ2v) is 3.39. The number of para-hydroxylation sites is 1. The van der Waals surface area contributed by atoms with Crippen LogP contribution in [0.15, 0.2) is 34.8 Å². The molecule has 1 aromatic carbocycles. The maximum absolute atomic E-state index is 5.83. The first-order chi connectivity index (χ1) is 6.24. The van der Waals surface area contributed by atoms with Crippen LogP contribution in [-0.2, 0) is 0 Å². The highest BCUT2D eigenvalue weighted by Crippen LogP contribution is 2.23. The van der Waals surface area contributed by atoms with Crippen LogP contribution >= 0.6 is 34.8 Å². The zero-order chi connectivity index (χ0) is 9.68. The topological polar surface area (TPSA) is 9.23 Å². The molecule has 0 aliphatic carbocycles. The third kappa shape index (κ3) is 3.47. The quantitative estimate of drug-likeness (QED) is 0.771. The first-order valence-corrected chi connectivity index (χ1v) is 4.75. The maximum atomic E-state index is 5.83. The summed E-state index contributed by atoms with van der Waals surface area (Å²) in [5.41, 5.74) is 1.26. The molecule has 0 atom stereocenters. The Morgan fingerprint density at radius 1 is 1.38 bits per heavy atom. The number of hydrogen-bond donors (Lipinski definition) is 0. The van der Waals surface area contributed by atoms with E-state index in [2.05, 4.69) is 0 Å². The van der Waals surface area contributed by atoms with Gasteiger partial charge in [-0.25, -0.2) is 0 Å². The smallest absolute Gasteiger partial charge is 0.138 e. The third-order valence-corrected chi connectivity index (χ3v) is 2.23. The van der Waals surface area contributed by atoms with Gasteiger partial charge in [0.05, 0.1) is 10.1 Å². The van der Waals surface area contributed by atoms with Crippen molar-refractivity contribution in [3.05, 3.63) is 39.9 Å². The van der Waals surface area contributed by atoms with Gasteiger partial charge >= 0.3 is 0 Å². The normalized spacial score (nSPS) is 11.5. The summed E-state index contributed by atoms with van der Waals surface area (Å²) in [5.74, 6) is 0.598. The molecule has 13 heavy (non-hydrogen) atoms. The predicted molar refractivity (Wildman–Crippen MR) is 56.7 cm³/mol. The van der Waals surface area contributed by atoms with Crippen molar-refractivity contribution in [3.63, 3.8) is 0 Å². The van der Waals surface area contributed by atoms with Gasteiger partial charge in [0, 0.05) is 5.54 Å². The number of benzene rings is 1. The highest BCUT2D eigenvalue weighted by Gasteiger charge is 1.99. The molecule has 0 radical (unpaired) electrons. The van der Waals surface area contributed by atoms with E-state index in [1.165, 1.54) is 5.54 Å². The molecule has 0 bridgehead atoms. The average Bonchev–Trinajstić information content (AvgIpc) is 2.16. The number of rotatable bonds is 3. The molecule has 0 heterocycles. The van der Waals surface area contributed by atoms with Crippen LogP contribution in [0.1, 0.15) is 0 Å². The van der Waals surface area contributed by atoms with Crippen molar-refractivity contribution in [2.75, 3.05) is 6.61 Å².